The highest BCUT2D eigenvalue weighted by atomic mass is 31.2. The molecule has 0 bridgehead atoms. The van der Waals surface area contributed by atoms with E-state index in [4.69, 9.17) is 23.6 Å². The third-order valence-electron chi connectivity index (χ3n) is 11.3. The average molecular weight is 961 g/mol. The van der Waals surface area contributed by atoms with Gasteiger partial charge in [0.15, 0.2) is 0 Å². The molecule has 0 radical (unpaired) electrons. The molecule has 0 aliphatic rings. The smallest absolute Gasteiger partial charge is 0.457 e. The zero-order valence-corrected chi connectivity index (χ0v) is 43.7. The summed E-state index contributed by atoms with van der Waals surface area (Å²) in [4.78, 5) is 22.7. The SMILES string of the molecule is CC/C=C\C/C=C\C/C=C\C/C=C\C/C=C\C/C=C\C/C=C\CCCCOCC(COP(=O)(O)OCC(O)CO)OC(=O)CCCCCCCCCCCCCCCCCCCCCCCC. The van der Waals surface area contributed by atoms with E-state index in [2.05, 4.69) is 98.9 Å². The van der Waals surface area contributed by atoms with Crippen molar-refractivity contribution in [2.75, 3.05) is 33.0 Å². The zero-order valence-electron chi connectivity index (χ0n) is 42.8. The molecule has 10 heteroatoms. The summed E-state index contributed by atoms with van der Waals surface area (Å²) in [6.45, 7) is 3.31. The van der Waals surface area contributed by atoms with Crippen LogP contribution in [-0.2, 0) is 27.9 Å². The molecule has 0 aromatic rings. The van der Waals surface area contributed by atoms with Crippen molar-refractivity contribution in [2.24, 2.45) is 0 Å². The Balaban J connectivity index is 4.14. The van der Waals surface area contributed by atoms with Gasteiger partial charge in [-0.05, 0) is 70.6 Å². The van der Waals surface area contributed by atoms with Crippen LogP contribution in [0, 0.1) is 0 Å². The van der Waals surface area contributed by atoms with Crippen LogP contribution in [-0.4, -0.2) is 66.3 Å². The van der Waals surface area contributed by atoms with Gasteiger partial charge in [-0.3, -0.25) is 13.8 Å². The highest BCUT2D eigenvalue weighted by Crippen LogP contribution is 2.43. The lowest BCUT2D eigenvalue weighted by molar-refractivity contribution is -0.154. The molecule has 0 fully saturated rings. The number of hydrogen-bond donors (Lipinski definition) is 3. The summed E-state index contributed by atoms with van der Waals surface area (Å²) in [5.41, 5.74) is 0. The van der Waals surface area contributed by atoms with Gasteiger partial charge in [-0.1, -0.05) is 234 Å². The van der Waals surface area contributed by atoms with E-state index in [9.17, 15) is 19.4 Å². The third kappa shape index (κ3) is 52.9. The van der Waals surface area contributed by atoms with Crippen LogP contribution in [0.2, 0.25) is 0 Å². The number of carbonyl (C=O) groups is 1. The molecule has 3 N–H and O–H groups in total. The van der Waals surface area contributed by atoms with Crippen molar-refractivity contribution in [3.8, 4) is 0 Å². The van der Waals surface area contributed by atoms with Crippen LogP contribution in [0.3, 0.4) is 0 Å². The van der Waals surface area contributed by atoms with Crippen molar-refractivity contribution in [2.45, 2.75) is 238 Å². The second kappa shape index (κ2) is 53.0. The highest BCUT2D eigenvalue weighted by molar-refractivity contribution is 7.47. The molecular weight excluding hydrogens is 860 g/mol. The lowest BCUT2D eigenvalue weighted by Gasteiger charge is -2.20. The molecule has 388 valence electrons. The Hall–Kier alpha value is -2.36. The van der Waals surface area contributed by atoms with Crippen LogP contribution < -0.4 is 0 Å². The lowest BCUT2D eigenvalue weighted by atomic mass is 10.0. The van der Waals surface area contributed by atoms with Gasteiger partial charge in [0.2, 0.25) is 0 Å². The molecule has 0 aliphatic carbocycles. The van der Waals surface area contributed by atoms with Crippen LogP contribution in [0.4, 0.5) is 0 Å². The van der Waals surface area contributed by atoms with Crippen molar-refractivity contribution >= 4 is 13.8 Å². The number of carbonyl (C=O) groups excluding carboxylic acids is 1. The monoisotopic (exact) mass is 961 g/mol. The summed E-state index contributed by atoms with van der Waals surface area (Å²) >= 11 is 0. The second-order valence-electron chi connectivity index (χ2n) is 17.9. The van der Waals surface area contributed by atoms with Gasteiger partial charge in [-0.25, -0.2) is 4.57 Å². The molecule has 9 nitrogen and oxygen atoms in total. The van der Waals surface area contributed by atoms with Gasteiger partial charge >= 0.3 is 13.8 Å². The van der Waals surface area contributed by atoms with Crippen molar-refractivity contribution in [1.29, 1.82) is 0 Å². The van der Waals surface area contributed by atoms with Crippen LogP contribution in [0.1, 0.15) is 226 Å². The maximum Gasteiger partial charge on any atom is 0.472 e. The number of ether oxygens (including phenoxy) is 2. The number of allylic oxidation sites excluding steroid dienone is 14. The summed E-state index contributed by atoms with van der Waals surface area (Å²) in [5.74, 6) is -0.396. The summed E-state index contributed by atoms with van der Waals surface area (Å²) in [5, 5.41) is 18.4. The van der Waals surface area contributed by atoms with Crippen LogP contribution >= 0.6 is 7.82 Å². The fourth-order valence-electron chi connectivity index (χ4n) is 7.28. The molecule has 67 heavy (non-hydrogen) atoms. The van der Waals surface area contributed by atoms with Crippen molar-refractivity contribution in [3.63, 3.8) is 0 Å². The normalized spacial score (nSPS) is 14.4. The second-order valence-corrected chi connectivity index (χ2v) is 19.3. The quantitative estimate of drug-likeness (QED) is 0.0236. The highest BCUT2D eigenvalue weighted by Gasteiger charge is 2.26. The predicted molar refractivity (Wildman–Crippen MR) is 283 cm³/mol. The van der Waals surface area contributed by atoms with Gasteiger partial charge in [0.1, 0.15) is 12.2 Å². The molecule has 3 atom stereocenters. The van der Waals surface area contributed by atoms with Gasteiger partial charge < -0.3 is 24.6 Å². The maximum atomic E-state index is 12.7. The molecule has 0 heterocycles. The molecule has 0 amide bonds. The van der Waals surface area contributed by atoms with E-state index in [1.54, 1.807) is 0 Å². The molecule has 0 spiro atoms. The van der Waals surface area contributed by atoms with Gasteiger partial charge in [0.05, 0.1) is 26.4 Å². The van der Waals surface area contributed by atoms with E-state index in [-0.39, 0.29) is 13.0 Å². The molecule has 0 saturated carbocycles. The molecule has 0 rings (SSSR count). The minimum absolute atomic E-state index is 0.0168. The van der Waals surface area contributed by atoms with Crippen LogP contribution in [0.5, 0.6) is 0 Å². The Morgan fingerprint density at radius 3 is 1.25 bits per heavy atom. The summed E-state index contributed by atoms with van der Waals surface area (Å²) in [6.07, 6.45) is 67.1. The number of hydrogen-bond acceptors (Lipinski definition) is 8. The van der Waals surface area contributed by atoms with E-state index in [0.717, 1.165) is 83.5 Å². The topological polar surface area (TPSA) is 132 Å². The summed E-state index contributed by atoms with van der Waals surface area (Å²) in [7, 11) is -4.54. The largest absolute Gasteiger partial charge is 0.472 e. The van der Waals surface area contributed by atoms with Crippen molar-refractivity contribution in [1.82, 2.24) is 0 Å². The Bertz CT molecular complexity index is 1320. The third-order valence-corrected chi connectivity index (χ3v) is 12.3. The molecule has 3 unspecified atom stereocenters. The number of aliphatic hydroxyl groups is 2. The molecular formula is C57H101O9P. The Morgan fingerprint density at radius 1 is 0.478 bits per heavy atom. The van der Waals surface area contributed by atoms with Crippen molar-refractivity contribution < 1.29 is 43.0 Å². The fraction of sp³-hybridized carbons (Fsp3) is 0.737. The molecule has 0 saturated heterocycles. The first-order valence-electron chi connectivity index (χ1n) is 27.1. The van der Waals surface area contributed by atoms with Crippen LogP contribution in [0.25, 0.3) is 0 Å². The van der Waals surface area contributed by atoms with Gasteiger partial charge in [-0.2, -0.15) is 0 Å². The first kappa shape index (κ1) is 64.6. The minimum Gasteiger partial charge on any atom is -0.457 e. The van der Waals surface area contributed by atoms with E-state index < -0.39 is 45.8 Å². The molecule has 0 aromatic carbocycles. The average Bonchev–Trinajstić information content (AvgIpc) is 3.32. The minimum atomic E-state index is -4.54. The number of rotatable bonds is 51. The summed E-state index contributed by atoms with van der Waals surface area (Å²) in [6, 6.07) is 0. The number of phosphoric acid groups is 1. The first-order chi connectivity index (χ1) is 32.8. The first-order valence-corrected chi connectivity index (χ1v) is 28.6. The fourth-order valence-corrected chi connectivity index (χ4v) is 8.07. The number of aliphatic hydroxyl groups excluding tert-OH is 2. The number of esters is 1. The molecule has 0 aromatic heterocycles. The Morgan fingerprint density at radius 2 is 0.851 bits per heavy atom. The van der Waals surface area contributed by atoms with Gasteiger partial charge in [-0.15, -0.1) is 0 Å². The lowest BCUT2D eigenvalue weighted by Crippen LogP contribution is -2.29. The maximum absolute atomic E-state index is 12.7. The number of unbranched alkanes of at least 4 members (excludes halogenated alkanes) is 23. The summed E-state index contributed by atoms with van der Waals surface area (Å²) < 4.78 is 33.5. The Labute approximate surface area is 411 Å². The molecule has 0 aliphatic heterocycles. The van der Waals surface area contributed by atoms with E-state index in [1.165, 1.54) is 122 Å². The van der Waals surface area contributed by atoms with E-state index in [1.807, 2.05) is 0 Å². The predicted octanol–water partition coefficient (Wildman–Crippen LogP) is 16.2. The van der Waals surface area contributed by atoms with Crippen molar-refractivity contribution in [3.05, 3.63) is 85.1 Å². The van der Waals surface area contributed by atoms with Gasteiger partial charge in [0, 0.05) is 13.0 Å². The van der Waals surface area contributed by atoms with E-state index >= 15 is 0 Å². The zero-order chi connectivity index (χ0) is 48.8. The van der Waals surface area contributed by atoms with Gasteiger partial charge in [0.25, 0.3) is 0 Å². The Kier molecular flexibility index (Phi) is 51.1. The number of phosphoric ester groups is 1. The van der Waals surface area contributed by atoms with E-state index in [0.29, 0.717) is 6.61 Å². The van der Waals surface area contributed by atoms with Crippen LogP contribution in [0.15, 0.2) is 85.1 Å². The standard InChI is InChI=1S/C57H101O9P/c1-3-5-7-9-11-13-15-17-19-21-23-25-27-28-30-32-34-36-38-40-42-44-46-48-50-63-53-56(54-65-67(61,62)64-52-55(59)51-58)66-57(60)49-47-45-43-41-39-37-35-33-31-29-26-24-22-20-18-16-14-12-10-8-6-4-2/h5,7,11,13,17,19,23,25,28,30,34,36,40,42,55-56,58-59H,3-4,6,8-10,12,14-16,18,20-22,24,26-27,29,31-33,35,37-39,41,43-54H2,1-2H3,(H,61,62)/b7-5-,13-11-,19-17-,25-23-,30-28-,36-34-,42-40-.